The highest BCUT2D eigenvalue weighted by molar-refractivity contribution is 7.98. The summed E-state index contributed by atoms with van der Waals surface area (Å²) in [6, 6.07) is 15.0. The van der Waals surface area contributed by atoms with Crippen LogP contribution in [0, 0.1) is 5.92 Å². The highest BCUT2D eigenvalue weighted by Crippen LogP contribution is 2.28. The van der Waals surface area contributed by atoms with Gasteiger partial charge in [-0.3, -0.25) is 14.4 Å². The van der Waals surface area contributed by atoms with Crippen LogP contribution < -0.4 is 15.5 Å². The van der Waals surface area contributed by atoms with Gasteiger partial charge in [-0.05, 0) is 42.2 Å². The number of rotatable bonds is 6. The first kappa shape index (κ1) is 19.9. The van der Waals surface area contributed by atoms with E-state index in [-0.39, 0.29) is 30.6 Å². The van der Waals surface area contributed by atoms with Gasteiger partial charge < -0.3 is 15.5 Å². The number of thioether (sulfide) groups is 1. The zero-order chi connectivity index (χ0) is 20.1. The summed E-state index contributed by atoms with van der Waals surface area (Å²) in [4.78, 5) is 39.7. The Bertz CT molecular complexity index is 883. The van der Waals surface area contributed by atoms with Crippen molar-refractivity contribution in [3.05, 3.63) is 54.1 Å². The van der Waals surface area contributed by atoms with E-state index >= 15 is 0 Å². The van der Waals surface area contributed by atoms with Crippen molar-refractivity contribution in [2.75, 3.05) is 30.1 Å². The molecule has 1 aliphatic heterocycles. The van der Waals surface area contributed by atoms with Gasteiger partial charge in [0.1, 0.15) is 0 Å². The molecule has 0 radical (unpaired) electrons. The van der Waals surface area contributed by atoms with Crippen LogP contribution in [0.3, 0.4) is 0 Å². The van der Waals surface area contributed by atoms with E-state index in [2.05, 4.69) is 10.6 Å². The number of likely N-dealkylation sites (N-methyl/N-ethyl adjacent to an activating group) is 1. The first-order valence-electron chi connectivity index (χ1n) is 9.05. The monoisotopic (exact) mass is 397 g/mol. The lowest BCUT2D eigenvalue weighted by Crippen LogP contribution is -2.28. The number of nitrogens with zero attached hydrogens (tertiary/aromatic N) is 1. The molecular weight excluding hydrogens is 374 g/mol. The molecule has 3 rings (SSSR count). The third-order valence-corrected chi connectivity index (χ3v) is 5.53. The predicted molar refractivity (Wildman–Crippen MR) is 112 cm³/mol. The summed E-state index contributed by atoms with van der Waals surface area (Å²) in [7, 11) is 1.58. The average molecular weight is 398 g/mol. The van der Waals surface area contributed by atoms with E-state index in [1.165, 1.54) is 0 Å². The van der Waals surface area contributed by atoms with Crippen molar-refractivity contribution in [2.24, 2.45) is 5.92 Å². The van der Waals surface area contributed by atoms with Crippen LogP contribution in [0.5, 0.6) is 0 Å². The third-order valence-electron chi connectivity index (χ3n) is 4.79. The summed E-state index contributed by atoms with van der Waals surface area (Å²) in [5.41, 5.74) is 2.15. The standard InChI is InChI=1S/C21H23N3O3S/c1-22-19(25)11-14-5-3-4-6-18(14)23-21(27)15-12-20(26)24(13-15)16-7-9-17(28-2)10-8-16/h3-10,15H,11-13H2,1-2H3,(H,22,25)(H,23,27). The van der Waals surface area contributed by atoms with Crippen molar-refractivity contribution in [3.63, 3.8) is 0 Å². The summed E-state index contributed by atoms with van der Waals surface area (Å²) in [5, 5.41) is 5.47. The highest BCUT2D eigenvalue weighted by Gasteiger charge is 2.35. The van der Waals surface area contributed by atoms with E-state index in [0.717, 1.165) is 16.1 Å². The Balaban J connectivity index is 1.69. The number of para-hydroxylation sites is 1. The molecule has 0 saturated carbocycles. The van der Waals surface area contributed by atoms with Gasteiger partial charge in [-0.25, -0.2) is 0 Å². The van der Waals surface area contributed by atoms with E-state index in [1.807, 2.05) is 48.7 Å². The van der Waals surface area contributed by atoms with Crippen molar-refractivity contribution in [2.45, 2.75) is 17.7 Å². The molecule has 6 nitrogen and oxygen atoms in total. The topological polar surface area (TPSA) is 78.5 Å². The lowest BCUT2D eigenvalue weighted by atomic mass is 10.1. The Morgan fingerprint density at radius 2 is 1.86 bits per heavy atom. The number of anilines is 2. The number of carbonyl (C=O) groups is 3. The molecule has 1 fully saturated rings. The number of hydrogen-bond donors (Lipinski definition) is 2. The van der Waals surface area contributed by atoms with Gasteiger partial charge in [-0.15, -0.1) is 11.8 Å². The van der Waals surface area contributed by atoms with Crippen LogP contribution in [0.2, 0.25) is 0 Å². The molecule has 1 unspecified atom stereocenters. The fourth-order valence-electron chi connectivity index (χ4n) is 3.19. The fraction of sp³-hybridized carbons (Fsp3) is 0.286. The molecule has 0 bridgehead atoms. The van der Waals surface area contributed by atoms with E-state index in [0.29, 0.717) is 12.2 Å². The molecule has 2 aromatic rings. The number of hydrogen-bond acceptors (Lipinski definition) is 4. The predicted octanol–water partition coefficient (Wildman–Crippen LogP) is 2.69. The third kappa shape index (κ3) is 4.54. The van der Waals surface area contributed by atoms with Crippen molar-refractivity contribution in [1.29, 1.82) is 0 Å². The SMILES string of the molecule is CNC(=O)Cc1ccccc1NC(=O)C1CC(=O)N(c2ccc(SC)cc2)C1. The van der Waals surface area contributed by atoms with Crippen LogP contribution >= 0.6 is 11.8 Å². The van der Waals surface area contributed by atoms with E-state index < -0.39 is 5.92 Å². The van der Waals surface area contributed by atoms with E-state index in [4.69, 9.17) is 0 Å². The maximum absolute atomic E-state index is 12.8. The zero-order valence-corrected chi connectivity index (χ0v) is 16.7. The van der Waals surface area contributed by atoms with Gasteiger partial charge >= 0.3 is 0 Å². The second-order valence-corrected chi connectivity index (χ2v) is 7.48. The summed E-state index contributed by atoms with van der Waals surface area (Å²) in [6.45, 7) is 0.348. The molecule has 3 amide bonds. The van der Waals surface area contributed by atoms with Crippen LogP contribution in [0.1, 0.15) is 12.0 Å². The van der Waals surface area contributed by atoms with Crippen LogP contribution in [-0.2, 0) is 20.8 Å². The summed E-state index contributed by atoms with van der Waals surface area (Å²) >= 11 is 1.64. The Hall–Kier alpha value is -2.80. The fourth-order valence-corrected chi connectivity index (χ4v) is 3.60. The molecular formula is C21H23N3O3S. The smallest absolute Gasteiger partial charge is 0.229 e. The maximum Gasteiger partial charge on any atom is 0.229 e. The van der Waals surface area contributed by atoms with Gasteiger partial charge in [-0.2, -0.15) is 0 Å². The van der Waals surface area contributed by atoms with Gasteiger partial charge in [0.15, 0.2) is 0 Å². The molecule has 146 valence electrons. The Morgan fingerprint density at radius 3 is 2.54 bits per heavy atom. The van der Waals surface area contributed by atoms with Gasteiger partial charge in [0.05, 0.1) is 12.3 Å². The van der Waals surface area contributed by atoms with Crippen molar-refractivity contribution in [1.82, 2.24) is 5.32 Å². The average Bonchev–Trinajstić information content (AvgIpc) is 3.11. The molecule has 2 aromatic carbocycles. The van der Waals surface area contributed by atoms with Crippen LogP contribution in [0.25, 0.3) is 0 Å². The molecule has 1 heterocycles. The minimum Gasteiger partial charge on any atom is -0.359 e. The molecule has 2 N–H and O–H groups in total. The maximum atomic E-state index is 12.8. The molecule has 28 heavy (non-hydrogen) atoms. The largest absolute Gasteiger partial charge is 0.359 e. The molecule has 0 aromatic heterocycles. The van der Waals surface area contributed by atoms with Crippen LogP contribution in [0.15, 0.2) is 53.4 Å². The van der Waals surface area contributed by atoms with Gasteiger partial charge in [0.25, 0.3) is 0 Å². The second kappa shape index (κ2) is 8.93. The van der Waals surface area contributed by atoms with Crippen molar-refractivity contribution < 1.29 is 14.4 Å². The number of amides is 3. The molecule has 1 saturated heterocycles. The number of nitrogens with one attached hydrogen (secondary N) is 2. The number of carbonyl (C=O) groups excluding carboxylic acids is 3. The summed E-state index contributed by atoms with van der Waals surface area (Å²) in [6.07, 6.45) is 2.36. The Labute approximate surface area is 168 Å². The Kier molecular flexibility index (Phi) is 6.36. The summed E-state index contributed by atoms with van der Waals surface area (Å²) < 4.78 is 0. The molecule has 0 spiro atoms. The van der Waals surface area contributed by atoms with Crippen molar-refractivity contribution in [3.8, 4) is 0 Å². The van der Waals surface area contributed by atoms with Gasteiger partial charge in [-0.1, -0.05) is 18.2 Å². The molecule has 1 atom stereocenters. The zero-order valence-electron chi connectivity index (χ0n) is 15.9. The van der Waals surface area contributed by atoms with Crippen LogP contribution in [-0.4, -0.2) is 37.6 Å². The molecule has 0 aliphatic carbocycles. The molecule has 1 aliphatic rings. The van der Waals surface area contributed by atoms with E-state index in [9.17, 15) is 14.4 Å². The lowest BCUT2D eigenvalue weighted by Gasteiger charge is -2.17. The normalized spacial score (nSPS) is 16.1. The quantitative estimate of drug-likeness (QED) is 0.735. The van der Waals surface area contributed by atoms with Gasteiger partial charge in [0, 0.05) is 36.3 Å². The lowest BCUT2D eigenvalue weighted by molar-refractivity contribution is -0.122. The Morgan fingerprint density at radius 1 is 1.14 bits per heavy atom. The minimum absolute atomic E-state index is 0.0595. The minimum atomic E-state index is -0.430. The highest BCUT2D eigenvalue weighted by atomic mass is 32.2. The first-order valence-corrected chi connectivity index (χ1v) is 10.3. The van der Waals surface area contributed by atoms with E-state index in [1.54, 1.807) is 29.8 Å². The number of benzene rings is 2. The van der Waals surface area contributed by atoms with Crippen molar-refractivity contribution >= 4 is 40.9 Å². The second-order valence-electron chi connectivity index (χ2n) is 6.60. The molecule has 7 heteroatoms. The summed E-state index contributed by atoms with van der Waals surface area (Å²) in [5.74, 6) is -0.824. The first-order chi connectivity index (χ1) is 13.5. The van der Waals surface area contributed by atoms with Crippen LogP contribution in [0.4, 0.5) is 11.4 Å². The van der Waals surface area contributed by atoms with Gasteiger partial charge in [0.2, 0.25) is 17.7 Å².